The molecule has 1 nitrogen and oxygen atoms in total. The SMILES string of the molecule is COc1ccccc1CC(Br)c1cc(Br)c(C)cc1Br. The van der Waals surface area contributed by atoms with E-state index in [1.165, 1.54) is 16.7 Å². The number of hydrogen-bond donors (Lipinski definition) is 0. The summed E-state index contributed by atoms with van der Waals surface area (Å²) in [4.78, 5) is 0.227. The molecule has 1 atom stereocenters. The summed E-state index contributed by atoms with van der Waals surface area (Å²) in [7, 11) is 1.71. The van der Waals surface area contributed by atoms with Crippen LogP contribution in [0.25, 0.3) is 0 Å². The van der Waals surface area contributed by atoms with Crippen molar-refractivity contribution in [3.05, 3.63) is 62.0 Å². The standard InChI is InChI=1S/C16H15Br3O/c1-10-7-14(18)12(9-13(10)17)15(19)8-11-5-3-4-6-16(11)20-2/h3-7,9,15H,8H2,1-2H3. The minimum atomic E-state index is 0.227. The summed E-state index contributed by atoms with van der Waals surface area (Å²) in [5.41, 5.74) is 3.64. The average molecular weight is 463 g/mol. The molecule has 0 amide bonds. The molecule has 2 rings (SSSR count). The topological polar surface area (TPSA) is 9.23 Å². The molecule has 2 aromatic rings. The van der Waals surface area contributed by atoms with Gasteiger partial charge in [0.15, 0.2) is 0 Å². The van der Waals surface area contributed by atoms with Gasteiger partial charge in [-0.25, -0.2) is 0 Å². The van der Waals surface area contributed by atoms with Gasteiger partial charge in [-0.15, -0.1) is 0 Å². The second-order valence-electron chi connectivity index (χ2n) is 4.61. The van der Waals surface area contributed by atoms with Crippen LogP contribution in [-0.2, 0) is 6.42 Å². The highest BCUT2D eigenvalue weighted by molar-refractivity contribution is 9.11. The molecule has 2 aromatic carbocycles. The molecular formula is C16H15Br3O. The van der Waals surface area contributed by atoms with E-state index >= 15 is 0 Å². The van der Waals surface area contributed by atoms with Crippen molar-refractivity contribution in [2.75, 3.05) is 7.11 Å². The summed E-state index contributed by atoms with van der Waals surface area (Å²) in [5, 5.41) is 0. The third-order valence-electron chi connectivity index (χ3n) is 3.21. The highest BCUT2D eigenvalue weighted by Gasteiger charge is 2.15. The first-order valence-corrected chi connectivity index (χ1v) is 8.74. The molecule has 1 unspecified atom stereocenters. The summed E-state index contributed by atoms with van der Waals surface area (Å²) < 4.78 is 7.66. The van der Waals surface area contributed by atoms with Gasteiger partial charge in [-0.1, -0.05) is 66.0 Å². The molecule has 0 bridgehead atoms. The van der Waals surface area contributed by atoms with Gasteiger partial charge in [0.2, 0.25) is 0 Å². The Kier molecular flexibility index (Phi) is 5.70. The van der Waals surface area contributed by atoms with Crippen molar-refractivity contribution in [2.45, 2.75) is 18.2 Å². The number of alkyl halides is 1. The van der Waals surface area contributed by atoms with Gasteiger partial charge < -0.3 is 4.74 Å². The number of hydrogen-bond acceptors (Lipinski definition) is 1. The van der Waals surface area contributed by atoms with Crippen LogP contribution in [0, 0.1) is 6.92 Å². The number of methoxy groups -OCH3 is 1. The number of benzene rings is 2. The third-order valence-corrected chi connectivity index (χ3v) is 5.57. The molecule has 0 N–H and O–H groups in total. The smallest absolute Gasteiger partial charge is 0.122 e. The molecule has 106 valence electrons. The van der Waals surface area contributed by atoms with Gasteiger partial charge in [-0.3, -0.25) is 0 Å². The molecular weight excluding hydrogens is 448 g/mol. The van der Waals surface area contributed by atoms with Crippen LogP contribution in [0.4, 0.5) is 0 Å². The summed E-state index contributed by atoms with van der Waals surface area (Å²) in [6, 6.07) is 12.4. The van der Waals surface area contributed by atoms with Gasteiger partial charge >= 0.3 is 0 Å². The van der Waals surface area contributed by atoms with Crippen LogP contribution < -0.4 is 4.74 Å². The van der Waals surface area contributed by atoms with Crippen LogP contribution in [0.3, 0.4) is 0 Å². The second kappa shape index (κ2) is 7.10. The first-order chi connectivity index (χ1) is 9.52. The Labute approximate surface area is 145 Å². The van der Waals surface area contributed by atoms with E-state index in [4.69, 9.17) is 4.74 Å². The van der Waals surface area contributed by atoms with Crippen LogP contribution in [0.15, 0.2) is 45.3 Å². The van der Waals surface area contributed by atoms with E-state index < -0.39 is 0 Å². The lowest BCUT2D eigenvalue weighted by Crippen LogP contribution is -1.99. The molecule has 0 aromatic heterocycles. The number of para-hydroxylation sites is 1. The Morgan fingerprint density at radius 2 is 1.80 bits per heavy atom. The van der Waals surface area contributed by atoms with Crippen molar-refractivity contribution in [3.63, 3.8) is 0 Å². The quantitative estimate of drug-likeness (QED) is 0.491. The number of ether oxygens (including phenoxy) is 1. The van der Waals surface area contributed by atoms with Crippen LogP contribution in [0.2, 0.25) is 0 Å². The Balaban J connectivity index is 2.28. The van der Waals surface area contributed by atoms with E-state index in [1.54, 1.807) is 7.11 Å². The minimum absolute atomic E-state index is 0.227. The summed E-state index contributed by atoms with van der Waals surface area (Å²) in [6.45, 7) is 2.09. The summed E-state index contributed by atoms with van der Waals surface area (Å²) >= 11 is 11.0. The lowest BCUT2D eigenvalue weighted by atomic mass is 10.0. The van der Waals surface area contributed by atoms with E-state index in [0.29, 0.717) is 0 Å². The van der Waals surface area contributed by atoms with E-state index in [1.807, 2.05) is 18.2 Å². The fourth-order valence-electron chi connectivity index (χ4n) is 2.08. The van der Waals surface area contributed by atoms with Crippen molar-refractivity contribution in [2.24, 2.45) is 0 Å². The molecule has 0 fully saturated rings. The average Bonchev–Trinajstić information content (AvgIpc) is 2.43. The zero-order valence-corrected chi connectivity index (χ0v) is 16.0. The maximum atomic E-state index is 5.41. The number of rotatable bonds is 4. The Morgan fingerprint density at radius 1 is 1.10 bits per heavy atom. The Hall–Kier alpha value is -0.320. The van der Waals surface area contributed by atoms with Crippen molar-refractivity contribution >= 4 is 47.8 Å². The lowest BCUT2D eigenvalue weighted by Gasteiger charge is -2.16. The van der Waals surface area contributed by atoms with Crippen LogP contribution in [0.1, 0.15) is 21.5 Å². The predicted molar refractivity (Wildman–Crippen MR) is 94.9 cm³/mol. The monoisotopic (exact) mass is 460 g/mol. The number of aryl methyl sites for hydroxylation is 1. The molecule has 0 aliphatic heterocycles. The molecule has 0 aliphatic rings. The molecule has 0 radical (unpaired) electrons. The maximum absolute atomic E-state index is 5.41. The molecule has 0 spiro atoms. The highest BCUT2D eigenvalue weighted by atomic mass is 79.9. The van der Waals surface area contributed by atoms with Gasteiger partial charge in [0, 0.05) is 13.8 Å². The molecule has 20 heavy (non-hydrogen) atoms. The second-order valence-corrected chi connectivity index (χ2v) is 7.42. The van der Waals surface area contributed by atoms with Crippen LogP contribution in [-0.4, -0.2) is 7.11 Å². The van der Waals surface area contributed by atoms with Crippen molar-refractivity contribution in [3.8, 4) is 5.75 Å². The normalized spacial score (nSPS) is 12.2. The zero-order chi connectivity index (χ0) is 14.7. The molecule has 0 saturated carbocycles. The van der Waals surface area contributed by atoms with Gasteiger partial charge in [0.1, 0.15) is 5.75 Å². The molecule has 0 heterocycles. The van der Waals surface area contributed by atoms with Gasteiger partial charge in [-0.05, 0) is 48.2 Å². The van der Waals surface area contributed by atoms with Crippen LogP contribution in [0.5, 0.6) is 5.75 Å². The lowest BCUT2D eigenvalue weighted by molar-refractivity contribution is 0.409. The van der Waals surface area contributed by atoms with E-state index in [9.17, 15) is 0 Å². The van der Waals surface area contributed by atoms with Crippen molar-refractivity contribution in [1.82, 2.24) is 0 Å². The molecule has 0 saturated heterocycles. The largest absolute Gasteiger partial charge is 0.496 e. The first-order valence-electron chi connectivity index (χ1n) is 6.24. The van der Waals surface area contributed by atoms with Gasteiger partial charge in [0.05, 0.1) is 7.11 Å². The zero-order valence-electron chi connectivity index (χ0n) is 11.3. The predicted octanol–water partition coefficient (Wildman–Crippen LogP) is 6.21. The summed E-state index contributed by atoms with van der Waals surface area (Å²) in [5.74, 6) is 0.930. The van der Waals surface area contributed by atoms with E-state index in [2.05, 4.69) is 72.9 Å². The maximum Gasteiger partial charge on any atom is 0.122 e. The molecule has 0 aliphatic carbocycles. The fourth-order valence-corrected chi connectivity index (χ4v) is 4.21. The minimum Gasteiger partial charge on any atom is -0.496 e. The van der Waals surface area contributed by atoms with E-state index in [-0.39, 0.29) is 4.83 Å². The third kappa shape index (κ3) is 3.66. The Bertz CT molecular complexity index is 611. The van der Waals surface area contributed by atoms with Crippen LogP contribution >= 0.6 is 47.8 Å². The van der Waals surface area contributed by atoms with Gasteiger partial charge in [-0.2, -0.15) is 0 Å². The van der Waals surface area contributed by atoms with Crippen molar-refractivity contribution < 1.29 is 4.74 Å². The van der Waals surface area contributed by atoms with Gasteiger partial charge in [0.25, 0.3) is 0 Å². The molecule has 4 heteroatoms. The fraction of sp³-hybridized carbons (Fsp3) is 0.250. The van der Waals surface area contributed by atoms with Crippen molar-refractivity contribution in [1.29, 1.82) is 0 Å². The Morgan fingerprint density at radius 3 is 2.50 bits per heavy atom. The highest BCUT2D eigenvalue weighted by Crippen LogP contribution is 2.37. The number of halogens is 3. The van der Waals surface area contributed by atoms with E-state index in [0.717, 1.165) is 21.1 Å². The first kappa shape index (κ1) is 16.1. The summed E-state index contributed by atoms with van der Waals surface area (Å²) in [6.07, 6.45) is 0.873.